The van der Waals surface area contributed by atoms with Crippen LogP contribution in [0.5, 0.6) is 5.75 Å². The zero-order valence-corrected chi connectivity index (χ0v) is 18.2. The van der Waals surface area contributed by atoms with Gasteiger partial charge in [-0.3, -0.25) is 15.0 Å². The minimum atomic E-state index is -0.395. The fourth-order valence-electron chi connectivity index (χ4n) is 4.70. The second-order valence-electron chi connectivity index (χ2n) is 9.09. The van der Waals surface area contributed by atoms with Gasteiger partial charge in [0.1, 0.15) is 12.4 Å². The lowest BCUT2D eigenvalue weighted by Crippen LogP contribution is -2.31. The quantitative estimate of drug-likeness (QED) is 0.395. The zero-order valence-electron chi connectivity index (χ0n) is 18.2. The standard InChI is InChI=1S/C25H29N3O4/c29-16-22-2-1-11-26(22)14-20-15-27(13-18-3-4-18)25-10-9-23(12-24(20)25)32-17-19-5-7-21(8-6-19)28(30)31/h5-10,12,15,18,22,29H,1-4,11,13-14,16-17H2/t22-/m0/s1. The molecule has 2 aromatic carbocycles. The molecule has 168 valence electrons. The summed E-state index contributed by atoms with van der Waals surface area (Å²) in [6.07, 6.45) is 7.10. The van der Waals surface area contributed by atoms with Gasteiger partial charge in [-0.05, 0) is 79.6 Å². The lowest BCUT2D eigenvalue weighted by Gasteiger charge is -2.22. The van der Waals surface area contributed by atoms with Gasteiger partial charge in [-0.1, -0.05) is 0 Å². The topological polar surface area (TPSA) is 80.8 Å². The summed E-state index contributed by atoms with van der Waals surface area (Å²) in [5.41, 5.74) is 3.49. The van der Waals surface area contributed by atoms with E-state index in [0.29, 0.717) is 6.61 Å². The molecule has 0 radical (unpaired) electrons. The number of aromatic nitrogens is 1. The Morgan fingerprint density at radius 3 is 2.66 bits per heavy atom. The molecule has 1 aliphatic heterocycles. The normalized spacial score (nSPS) is 19.0. The van der Waals surface area contributed by atoms with Crippen molar-refractivity contribution in [1.82, 2.24) is 9.47 Å². The number of nitro benzene ring substituents is 1. The van der Waals surface area contributed by atoms with E-state index in [1.807, 2.05) is 6.07 Å². The molecule has 0 bridgehead atoms. The Kier molecular flexibility index (Phi) is 5.85. The maximum atomic E-state index is 10.8. The summed E-state index contributed by atoms with van der Waals surface area (Å²) >= 11 is 0. The van der Waals surface area contributed by atoms with Crippen LogP contribution < -0.4 is 4.74 Å². The second-order valence-corrected chi connectivity index (χ2v) is 9.09. The van der Waals surface area contributed by atoms with Gasteiger partial charge >= 0.3 is 0 Å². The largest absolute Gasteiger partial charge is 0.489 e. The Bertz CT molecular complexity index is 1100. The highest BCUT2D eigenvalue weighted by Gasteiger charge is 2.26. The van der Waals surface area contributed by atoms with E-state index in [9.17, 15) is 15.2 Å². The van der Waals surface area contributed by atoms with Crippen molar-refractivity contribution in [2.24, 2.45) is 5.92 Å². The van der Waals surface area contributed by atoms with Crippen molar-refractivity contribution in [2.45, 2.75) is 51.4 Å². The van der Waals surface area contributed by atoms with E-state index in [0.717, 1.165) is 49.7 Å². The third-order valence-corrected chi connectivity index (χ3v) is 6.72. The SMILES string of the molecule is O=[N+]([O-])c1ccc(COc2ccc3c(c2)c(CN2CCC[C@H]2CO)cn3CC2CC2)cc1. The fraction of sp³-hybridized carbons (Fsp3) is 0.440. The van der Waals surface area contributed by atoms with Gasteiger partial charge in [0.25, 0.3) is 5.69 Å². The van der Waals surface area contributed by atoms with Crippen LogP contribution in [0.3, 0.4) is 0 Å². The second kappa shape index (κ2) is 8.92. The Morgan fingerprint density at radius 1 is 1.12 bits per heavy atom. The van der Waals surface area contributed by atoms with Crippen LogP contribution in [0.25, 0.3) is 10.9 Å². The van der Waals surface area contributed by atoms with E-state index >= 15 is 0 Å². The van der Waals surface area contributed by atoms with Crippen molar-refractivity contribution in [3.8, 4) is 5.75 Å². The zero-order chi connectivity index (χ0) is 22.1. The number of non-ortho nitro benzene ring substituents is 1. The molecule has 1 saturated heterocycles. The predicted octanol–water partition coefficient (Wildman–Crippen LogP) is 4.50. The van der Waals surface area contributed by atoms with E-state index < -0.39 is 4.92 Å². The number of fused-ring (bicyclic) bond motifs is 1. The summed E-state index contributed by atoms with van der Waals surface area (Å²) in [6, 6.07) is 13.0. The van der Waals surface area contributed by atoms with Crippen molar-refractivity contribution in [3.63, 3.8) is 0 Å². The Hall–Kier alpha value is -2.90. The number of hydrogen-bond acceptors (Lipinski definition) is 5. The summed E-state index contributed by atoms with van der Waals surface area (Å²) in [4.78, 5) is 12.8. The van der Waals surface area contributed by atoms with E-state index in [1.165, 1.54) is 41.4 Å². The minimum absolute atomic E-state index is 0.0833. The van der Waals surface area contributed by atoms with Gasteiger partial charge in [0.05, 0.1) is 11.5 Å². The molecule has 1 aromatic heterocycles. The number of aliphatic hydroxyl groups is 1. The summed E-state index contributed by atoms with van der Waals surface area (Å²) in [7, 11) is 0. The highest BCUT2D eigenvalue weighted by atomic mass is 16.6. The molecule has 7 nitrogen and oxygen atoms in total. The van der Waals surface area contributed by atoms with Crippen molar-refractivity contribution < 1.29 is 14.8 Å². The van der Waals surface area contributed by atoms with Crippen LogP contribution in [0.15, 0.2) is 48.7 Å². The molecule has 1 N–H and O–H groups in total. The van der Waals surface area contributed by atoms with Crippen molar-refractivity contribution in [3.05, 3.63) is 69.9 Å². The van der Waals surface area contributed by atoms with Gasteiger partial charge < -0.3 is 14.4 Å². The van der Waals surface area contributed by atoms with Crippen LogP contribution in [0.2, 0.25) is 0 Å². The molecule has 0 amide bonds. The van der Waals surface area contributed by atoms with Crippen molar-refractivity contribution in [2.75, 3.05) is 13.2 Å². The van der Waals surface area contributed by atoms with E-state index in [1.54, 1.807) is 12.1 Å². The van der Waals surface area contributed by atoms with Crippen molar-refractivity contribution in [1.29, 1.82) is 0 Å². The molecule has 0 spiro atoms. The third-order valence-electron chi connectivity index (χ3n) is 6.72. The first-order valence-electron chi connectivity index (χ1n) is 11.4. The van der Waals surface area contributed by atoms with Crippen LogP contribution in [-0.4, -0.2) is 38.7 Å². The lowest BCUT2D eigenvalue weighted by molar-refractivity contribution is -0.384. The fourth-order valence-corrected chi connectivity index (χ4v) is 4.70. The summed E-state index contributed by atoms with van der Waals surface area (Å²) in [6.45, 7) is 3.50. The number of nitro groups is 1. The number of likely N-dealkylation sites (tertiary alicyclic amines) is 1. The average Bonchev–Trinajstić information content (AvgIpc) is 3.41. The predicted molar refractivity (Wildman–Crippen MR) is 123 cm³/mol. The van der Waals surface area contributed by atoms with Crippen LogP contribution in [0.4, 0.5) is 5.69 Å². The average molecular weight is 436 g/mol. The Balaban J connectivity index is 1.37. The number of benzene rings is 2. The maximum Gasteiger partial charge on any atom is 0.269 e. The van der Waals surface area contributed by atoms with Crippen LogP contribution >= 0.6 is 0 Å². The molecule has 7 heteroatoms. The highest BCUT2D eigenvalue weighted by Crippen LogP contribution is 2.35. The summed E-state index contributed by atoms with van der Waals surface area (Å²) < 4.78 is 8.42. The summed E-state index contributed by atoms with van der Waals surface area (Å²) in [5.74, 6) is 1.58. The maximum absolute atomic E-state index is 10.8. The van der Waals surface area contributed by atoms with Crippen molar-refractivity contribution >= 4 is 16.6 Å². The van der Waals surface area contributed by atoms with Crippen LogP contribution in [0, 0.1) is 16.0 Å². The molecule has 5 rings (SSSR count). The van der Waals surface area contributed by atoms with Gasteiger partial charge in [0.2, 0.25) is 0 Å². The first kappa shape index (κ1) is 21.0. The first-order chi connectivity index (χ1) is 15.6. The van der Waals surface area contributed by atoms with Crippen LogP contribution in [-0.2, 0) is 19.7 Å². The Labute approximate surface area is 187 Å². The number of hydrogen-bond donors (Lipinski definition) is 1. The van der Waals surface area contributed by atoms with Gasteiger partial charge in [0, 0.05) is 48.4 Å². The van der Waals surface area contributed by atoms with E-state index in [4.69, 9.17) is 4.74 Å². The number of nitrogens with zero attached hydrogens (tertiary/aromatic N) is 3. The number of aliphatic hydroxyl groups excluding tert-OH is 1. The van der Waals surface area contributed by atoms with E-state index in [-0.39, 0.29) is 18.3 Å². The van der Waals surface area contributed by atoms with Gasteiger partial charge in [-0.25, -0.2) is 0 Å². The molecule has 0 unspecified atom stereocenters. The summed E-state index contributed by atoms with van der Waals surface area (Å²) in [5, 5.41) is 21.8. The van der Waals surface area contributed by atoms with Gasteiger partial charge in [-0.2, -0.15) is 0 Å². The number of rotatable bonds is 9. The van der Waals surface area contributed by atoms with Gasteiger partial charge in [-0.15, -0.1) is 0 Å². The number of ether oxygens (including phenoxy) is 1. The molecule has 1 aliphatic carbocycles. The molecular formula is C25H29N3O4. The lowest BCUT2D eigenvalue weighted by atomic mass is 10.1. The molecule has 1 saturated carbocycles. The molecule has 1 atom stereocenters. The molecular weight excluding hydrogens is 406 g/mol. The first-order valence-corrected chi connectivity index (χ1v) is 11.4. The smallest absolute Gasteiger partial charge is 0.269 e. The van der Waals surface area contributed by atoms with Gasteiger partial charge in [0.15, 0.2) is 0 Å². The monoisotopic (exact) mass is 435 g/mol. The molecule has 32 heavy (non-hydrogen) atoms. The molecule has 3 aromatic rings. The minimum Gasteiger partial charge on any atom is -0.489 e. The molecule has 2 fully saturated rings. The highest BCUT2D eigenvalue weighted by molar-refractivity contribution is 5.85. The van der Waals surface area contributed by atoms with Crippen LogP contribution in [0.1, 0.15) is 36.8 Å². The molecule has 2 heterocycles. The third kappa shape index (κ3) is 4.49. The van der Waals surface area contributed by atoms with E-state index in [2.05, 4.69) is 27.8 Å². The Morgan fingerprint density at radius 2 is 1.94 bits per heavy atom. The molecule has 2 aliphatic rings.